The first kappa shape index (κ1) is 28.3. The van der Waals surface area contributed by atoms with E-state index < -0.39 is 11.4 Å². The molecular formula is C28H33ClN6O4S. The zero-order valence-electron chi connectivity index (χ0n) is 22.7. The molecule has 40 heavy (non-hydrogen) atoms. The summed E-state index contributed by atoms with van der Waals surface area (Å²) in [6.45, 7) is 5.89. The zero-order chi connectivity index (χ0) is 28.6. The molecule has 10 nitrogen and oxygen atoms in total. The number of fused-ring (bicyclic) bond motifs is 1. The van der Waals surface area contributed by atoms with E-state index in [2.05, 4.69) is 15.2 Å². The van der Waals surface area contributed by atoms with Gasteiger partial charge in [-0.25, -0.2) is 4.98 Å². The van der Waals surface area contributed by atoms with Crippen molar-refractivity contribution >= 4 is 56.6 Å². The normalized spacial score (nSPS) is 17.6. The van der Waals surface area contributed by atoms with Crippen LogP contribution in [0.4, 0.5) is 5.69 Å². The van der Waals surface area contributed by atoms with Gasteiger partial charge in [0.2, 0.25) is 11.8 Å². The Kier molecular flexibility index (Phi) is 7.98. The molecule has 2 fully saturated rings. The maximum atomic E-state index is 13.6. The van der Waals surface area contributed by atoms with Gasteiger partial charge >= 0.3 is 0 Å². The Balaban J connectivity index is 1.32. The van der Waals surface area contributed by atoms with Crippen LogP contribution < -0.4 is 16.6 Å². The molecule has 0 aliphatic carbocycles. The fraction of sp³-hybridized carbons (Fsp3) is 0.464. The van der Waals surface area contributed by atoms with E-state index in [1.807, 2.05) is 6.92 Å². The molecule has 0 unspecified atom stereocenters. The lowest BCUT2D eigenvalue weighted by Gasteiger charge is -2.48. The SMILES string of the molecule is Cc1ccc(NC(=O)Cn2cnc3sc(C(=O)N4CCC(C(N)=O)(N5CCCCC5)CC4)c(C)c3c2=O)cc1Cl. The number of hydrogen-bond acceptors (Lipinski definition) is 7. The summed E-state index contributed by atoms with van der Waals surface area (Å²) in [5.41, 5.74) is 6.77. The summed E-state index contributed by atoms with van der Waals surface area (Å²) in [6, 6.07) is 5.19. The zero-order valence-corrected chi connectivity index (χ0v) is 24.2. The van der Waals surface area contributed by atoms with Crippen LogP contribution in [0.3, 0.4) is 0 Å². The Morgan fingerprint density at radius 2 is 1.80 bits per heavy atom. The number of benzene rings is 1. The Bertz CT molecular complexity index is 1540. The minimum absolute atomic E-state index is 0.183. The molecule has 2 aromatic heterocycles. The average Bonchev–Trinajstić information content (AvgIpc) is 3.29. The first-order valence-electron chi connectivity index (χ1n) is 13.5. The third kappa shape index (κ3) is 5.25. The molecule has 0 radical (unpaired) electrons. The van der Waals surface area contributed by atoms with Crippen LogP contribution in [0.1, 0.15) is 52.9 Å². The van der Waals surface area contributed by atoms with Gasteiger partial charge in [0.15, 0.2) is 0 Å². The van der Waals surface area contributed by atoms with Crippen molar-refractivity contribution < 1.29 is 14.4 Å². The molecule has 5 rings (SSSR count). The molecule has 4 heterocycles. The molecule has 2 aliphatic rings. The van der Waals surface area contributed by atoms with E-state index in [9.17, 15) is 19.2 Å². The van der Waals surface area contributed by atoms with E-state index >= 15 is 0 Å². The molecule has 0 saturated carbocycles. The number of likely N-dealkylation sites (tertiary alicyclic amines) is 2. The van der Waals surface area contributed by atoms with Crippen LogP contribution in [0.2, 0.25) is 5.02 Å². The standard InChI is InChI=1S/C28H33ClN6O4S/c1-17-6-7-19(14-20(17)29)32-21(36)15-34-16-31-24-22(25(34)37)18(2)23(40-24)26(38)33-12-8-28(9-13-33,27(30)39)35-10-4-3-5-11-35/h6-7,14,16H,3-5,8-13,15H2,1-2H3,(H2,30,39)(H,32,36). The number of carbonyl (C=O) groups excluding carboxylic acids is 3. The Morgan fingerprint density at radius 1 is 1.10 bits per heavy atom. The second-order valence-electron chi connectivity index (χ2n) is 10.7. The lowest BCUT2D eigenvalue weighted by atomic mass is 9.83. The summed E-state index contributed by atoms with van der Waals surface area (Å²) >= 11 is 7.32. The van der Waals surface area contributed by atoms with Gasteiger partial charge in [0.1, 0.15) is 16.9 Å². The number of halogens is 1. The molecule has 3 amide bonds. The first-order chi connectivity index (χ1) is 19.1. The minimum Gasteiger partial charge on any atom is -0.368 e. The molecule has 0 bridgehead atoms. The van der Waals surface area contributed by atoms with Gasteiger partial charge in [0, 0.05) is 23.8 Å². The minimum atomic E-state index is -0.716. The fourth-order valence-corrected chi connectivity index (χ4v) is 7.05. The monoisotopic (exact) mass is 584 g/mol. The largest absolute Gasteiger partial charge is 0.368 e. The lowest BCUT2D eigenvalue weighted by Crippen LogP contribution is -2.63. The summed E-state index contributed by atoms with van der Waals surface area (Å²) in [5.74, 6) is -0.900. The number of thiophene rings is 1. The Morgan fingerprint density at radius 3 is 2.45 bits per heavy atom. The molecule has 3 aromatic rings. The van der Waals surface area contributed by atoms with Crippen LogP contribution in [0.15, 0.2) is 29.3 Å². The van der Waals surface area contributed by atoms with Crippen LogP contribution in [-0.2, 0) is 16.1 Å². The number of nitrogens with two attached hydrogens (primary N) is 1. The van der Waals surface area contributed by atoms with Crippen LogP contribution in [0.25, 0.3) is 10.2 Å². The number of amides is 3. The van der Waals surface area contributed by atoms with Gasteiger partial charge in [0.05, 0.1) is 16.6 Å². The number of rotatable bonds is 6. The van der Waals surface area contributed by atoms with Gasteiger partial charge in [-0.1, -0.05) is 24.1 Å². The van der Waals surface area contributed by atoms with Gasteiger partial charge in [-0.3, -0.25) is 28.6 Å². The van der Waals surface area contributed by atoms with Gasteiger partial charge in [-0.2, -0.15) is 0 Å². The van der Waals surface area contributed by atoms with Gasteiger partial charge in [0.25, 0.3) is 11.5 Å². The molecule has 12 heteroatoms. The number of primary amides is 1. The molecule has 212 valence electrons. The van der Waals surface area contributed by atoms with Crippen molar-refractivity contribution in [1.29, 1.82) is 0 Å². The van der Waals surface area contributed by atoms with Gasteiger partial charge in [-0.15, -0.1) is 11.3 Å². The molecule has 3 N–H and O–H groups in total. The Labute approximate surface area is 241 Å². The fourth-order valence-electron chi connectivity index (χ4n) is 5.77. The van der Waals surface area contributed by atoms with Crippen LogP contribution in [-0.4, -0.2) is 68.8 Å². The molecule has 0 spiro atoms. The number of carbonyl (C=O) groups is 3. The van der Waals surface area contributed by atoms with E-state index in [0.29, 0.717) is 57.3 Å². The number of aryl methyl sites for hydroxylation is 2. The summed E-state index contributed by atoms with van der Waals surface area (Å²) in [4.78, 5) is 61.3. The smallest absolute Gasteiger partial charge is 0.264 e. The van der Waals surface area contributed by atoms with Crippen molar-refractivity contribution in [3.63, 3.8) is 0 Å². The van der Waals surface area contributed by atoms with Crippen LogP contribution >= 0.6 is 22.9 Å². The van der Waals surface area contributed by atoms with Crippen LogP contribution in [0, 0.1) is 13.8 Å². The highest BCUT2D eigenvalue weighted by molar-refractivity contribution is 7.20. The average molecular weight is 585 g/mol. The Hall–Kier alpha value is -3.28. The van der Waals surface area contributed by atoms with E-state index in [1.54, 1.807) is 30.0 Å². The summed E-state index contributed by atoms with van der Waals surface area (Å²) < 4.78 is 1.24. The highest BCUT2D eigenvalue weighted by Crippen LogP contribution is 2.34. The van der Waals surface area contributed by atoms with E-state index in [4.69, 9.17) is 17.3 Å². The summed E-state index contributed by atoms with van der Waals surface area (Å²) in [5, 5.41) is 3.61. The predicted octanol–water partition coefficient (Wildman–Crippen LogP) is 3.31. The molecule has 0 atom stereocenters. The predicted molar refractivity (Wildman–Crippen MR) is 156 cm³/mol. The lowest BCUT2D eigenvalue weighted by molar-refractivity contribution is -0.134. The summed E-state index contributed by atoms with van der Waals surface area (Å²) in [6.07, 6.45) is 5.56. The third-order valence-corrected chi connectivity index (χ3v) is 9.77. The van der Waals surface area contributed by atoms with Crippen molar-refractivity contribution in [2.75, 3.05) is 31.5 Å². The second-order valence-corrected chi connectivity index (χ2v) is 12.1. The maximum absolute atomic E-state index is 13.6. The van der Waals surface area contributed by atoms with Crippen molar-refractivity contribution in [3.8, 4) is 0 Å². The van der Waals surface area contributed by atoms with Crippen molar-refractivity contribution in [2.45, 2.75) is 58.0 Å². The number of piperidine rings is 2. The quantitative estimate of drug-likeness (QED) is 0.457. The highest BCUT2D eigenvalue weighted by atomic mass is 35.5. The van der Waals surface area contributed by atoms with Gasteiger partial charge < -0.3 is 16.0 Å². The van der Waals surface area contributed by atoms with Gasteiger partial charge in [-0.05, 0) is 75.9 Å². The van der Waals surface area contributed by atoms with E-state index in [0.717, 1.165) is 37.9 Å². The summed E-state index contributed by atoms with van der Waals surface area (Å²) in [7, 11) is 0. The van der Waals surface area contributed by atoms with Crippen molar-refractivity contribution in [3.05, 3.63) is 55.9 Å². The highest BCUT2D eigenvalue weighted by Gasteiger charge is 2.46. The van der Waals surface area contributed by atoms with Crippen molar-refractivity contribution in [1.82, 2.24) is 19.4 Å². The number of nitrogens with one attached hydrogen (secondary N) is 1. The maximum Gasteiger partial charge on any atom is 0.264 e. The number of aromatic nitrogens is 2. The second kappa shape index (κ2) is 11.3. The van der Waals surface area contributed by atoms with E-state index in [-0.39, 0.29) is 23.9 Å². The third-order valence-electron chi connectivity index (χ3n) is 8.18. The topological polar surface area (TPSA) is 131 Å². The first-order valence-corrected chi connectivity index (χ1v) is 14.7. The molecular weight excluding hydrogens is 552 g/mol. The molecule has 2 aliphatic heterocycles. The van der Waals surface area contributed by atoms with Crippen LogP contribution in [0.5, 0.6) is 0 Å². The number of hydrogen-bond donors (Lipinski definition) is 2. The van der Waals surface area contributed by atoms with Crippen molar-refractivity contribution in [2.24, 2.45) is 5.73 Å². The van der Waals surface area contributed by atoms with E-state index in [1.165, 1.54) is 22.2 Å². The number of nitrogens with zero attached hydrogens (tertiary/aromatic N) is 4. The number of anilines is 1. The molecule has 1 aromatic carbocycles. The molecule has 2 saturated heterocycles.